The quantitative estimate of drug-likeness (QED) is 0.408. The fraction of sp³-hybridized carbons (Fsp3) is 0.160. The third-order valence-electron chi connectivity index (χ3n) is 4.97. The Labute approximate surface area is 185 Å². The van der Waals surface area contributed by atoms with Crippen LogP contribution in [0.4, 0.5) is 10.5 Å². The van der Waals surface area contributed by atoms with Crippen LogP contribution in [-0.2, 0) is 22.6 Å². The summed E-state index contributed by atoms with van der Waals surface area (Å²) in [6, 6.07) is 23.5. The fourth-order valence-corrected chi connectivity index (χ4v) is 3.41. The van der Waals surface area contributed by atoms with E-state index in [2.05, 4.69) is 20.6 Å². The maximum atomic E-state index is 13.1. The van der Waals surface area contributed by atoms with Gasteiger partial charge in [0.15, 0.2) is 0 Å². The number of hydrogen-bond acceptors (Lipinski definition) is 4. The Hall–Kier alpha value is -4.13. The molecule has 4 aromatic rings. The molecule has 0 fully saturated rings. The van der Waals surface area contributed by atoms with Crippen LogP contribution in [0.25, 0.3) is 11.0 Å². The highest BCUT2D eigenvalue weighted by atomic mass is 16.5. The molecule has 7 heteroatoms. The molecular formula is C25H24N4O3. The van der Waals surface area contributed by atoms with Gasteiger partial charge in [-0.15, -0.1) is 0 Å². The molecular weight excluding hydrogens is 404 g/mol. The highest BCUT2D eigenvalue weighted by Gasteiger charge is 2.22. The Kier molecular flexibility index (Phi) is 6.46. The number of imidazole rings is 1. The molecule has 0 radical (unpaired) electrons. The van der Waals surface area contributed by atoms with Gasteiger partial charge in [0.05, 0.1) is 11.0 Å². The first-order chi connectivity index (χ1) is 15.6. The van der Waals surface area contributed by atoms with Crippen molar-refractivity contribution in [3.8, 4) is 0 Å². The summed E-state index contributed by atoms with van der Waals surface area (Å²) < 4.78 is 5.31. The first kappa shape index (κ1) is 21.1. The maximum Gasteiger partial charge on any atom is 0.408 e. The van der Waals surface area contributed by atoms with Gasteiger partial charge in [0.2, 0.25) is 5.91 Å². The van der Waals surface area contributed by atoms with E-state index in [1.807, 2.05) is 79.7 Å². The second kappa shape index (κ2) is 9.78. The van der Waals surface area contributed by atoms with Gasteiger partial charge in [0.1, 0.15) is 18.5 Å². The summed E-state index contributed by atoms with van der Waals surface area (Å²) in [6.45, 7) is 2.00. The van der Waals surface area contributed by atoms with Crippen LogP contribution < -0.4 is 10.6 Å². The van der Waals surface area contributed by atoms with Crippen LogP contribution in [0, 0.1) is 6.92 Å². The van der Waals surface area contributed by atoms with E-state index in [-0.39, 0.29) is 12.5 Å². The van der Waals surface area contributed by atoms with Gasteiger partial charge in [-0.05, 0) is 36.2 Å². The van der Waals surface area contributed by atoms with E-state index in [0.29, 0.717) is 12.1 Å². The van der Waals surface area contributed by atoms with E-state index < -0.39 is 12.1 Å². The van der Waals surface area contributed by atoms with E-state index in [9.17, 15) is 9.59 Å². The molecule has 0 aliphatic rings. The molecule has 0 saturated carbocycles. The van der Waals surface area contributed by atoms with Crippen molar-refractivity contribution in [1.82, 2.24) is 15.3 Å². The van der Waals surface area contributed by atoms with Crippen molar-refractivity contribution in [3.63, 3.8) is 0 Å². The third kappa shape index (κ3) is 5.51. The van der Waals surface area contributed by atoms with Crippen LogP contribution in [0.3, 0.4) is 0 Å². The van der Waals surface area contributed by atoms with Crippen molar-refractivity contribution >= 4 is 28.7 Å². The van der Waals surface area contributed by atoms with E-state index in [4.69, 9.17) is 4.74 Å². The molecule has 3 N–H and O–H groups in total. The normalized spacial score (nSPS) is 11.7. The summed E-state index contributed by atoms with van der Waals surface area (Å²) in [5.41, 5.74) is 4.06. The molecule has 1 heterocycles. The van der Waals surface area contributed by atoms with Crippen LogP contribution in [0.5, 0.6) is 0 Å². The largest absolute Gasteiger partial charge is 0.445 e. The molecule has 0 aliphatic carbocycles. The minimum absolute atomic E-state index is 0.127. The number of benzene rings is 3. The van der Waals surface area contributed by atoms with Gasteiger partial charge in [-0.25, -0.2) is 9.78 Å². The van der Waals surface area contributed by atoms with Gasteiger partial charge < -0.3 is 20.4 Å². The third-order valence-corrected chi connectivity index (χ3v) is 4.97. The SMILES string of the molecule is Cc1nc2ccc(NC(=O)[C@@H](Cc3ccccc3)NC(=O)OCc3ccccc3)cc2[nH]1. The molecule has 0 unspecified atom stereocenters. The number of nitrogens with one attached hydrogen (secondary N) is 3. The van der Waals surface area contributed by atoms with Crippen molar-refractivity contribution in [2.45, 2.75) is 26.0 Å². The van der Waals surface area contributed by atoms with Crippen LogP contribution in [0.15, 0.2) is 78.9 Å². The Morgan fingerprint density at radius 1 is 0.969 bits per heavy atom. The van der Waals surface area contributed by atoms with Gasteiger partial charge in [0, 0.05) is 12.1 Å². The number of aromatic amines is 1. The van der Waals surface area contributed by atoms with Crippen LogP contribution in [-0.4, -0.2) is 28.0 Å². The molecule has 3 aromatic carbocycles. The van der Waals surface area contributed by atoms with Gasteiger partial charge in [0.25, 0.3) is 0 Å². The Morgan fingerprint density at radius 3 is 2.38 bits per heavy atom. The number of hydrogen-bond donors (Lipinski definition) is 3. The highest BCUT2D eigenvalue weighted by Crippen LogP contribution is 2.18. The number of carbonyl (C=O) groups excluding carboxylic acids is 2. The van der Waals surface area contributed by atoms with Crippen LogP contribution in [0.2, 0.25) is 0 Å². The lowest BCUT2D eigenvalue weighted by Crippen LogP contribution is -2.45. The van der Waals surface area contributed by atoms with E-state index in [1.165, 1.54) is 0 Å². The summed E-state index contributed by atoms with van der Waals surface area (Å²) in [5, 5.41) is 5.59. The van der Waals surface area contributed by atoms with Crippen molar-refractivity contribution in [3.05, 3.63) is 95.8 Å². The Bertz CT molecular complexity index is 1210. The zero-order valence-electron chi connectivity index (χ0n) is 17.7. The minimum Gasteiger partial charge on any atom is -0.445 e. The second-order valence-corrected chi connectivity index (χ2v) is 7.49. The average molecular weight is 428 g/mol. The number of fused-ring (bicyclic) bond motifs is 1. The zero-order valence-corrected chi connectivity index (χ0v) is 17.7. The predicted octanol–water partition coefficient (Wildman–Crippen LogP) is 4.35. The Balaban J connectivity index is 1.45. The first-order valence-electron chi connectivity index (χ1n) is 10.4. The number of aryl methyl sites for hydroxylation is 1. The van der Waals surface area contributed by atoms with Crippen molar-refractivity contribution in [2.24, 2.45) is 0 Å². The Morgan fingerprint density at radius 2 is 1.66 bits per heavy atom. The van der Waals surface area contributed by atoms with Crippen LogP contribution in [0.1, 0.15) is 17.0 Å². The number of carbonyl (C=O) groups is 2. The van der Waals surface area contributed by atoms with Gasteiger partial charge in [-0.2, -0.15) is 0 Å². The second-order valence-electron chi connectivity index (χ2n) is 7.49. The molecule has 4 rings (SSSR count). The molecule has 0 saturated heterocycles. The summed E-state index contributed by atoms with van der Waals surface area (Å²) in [4.78, 5) is 33.0. The van der Waals surface area contributed by atoms with E-state index in [0.717, 1.165) is 28.0 Å². The minimum atomic E-state index is -0.806. The smallest absolute Gasteiger partial charge is 0.408 e. The molecule has 1 atom stereocenters. The van der Waals surface area contributed by atoms with Gasteiger partial charge in [-0.1, -0.05) is 60.7 Å². The molecule has 0 bridgehead atoms. The highest BCUT2D eigenvalue weighted by molar-refractivity contribution is 5.98. The first-order valence-corrected chi connectivity index (χ1v) is 10.4. The lowest BCUT2D eigenvalue weighted by molar-refractivity contribution is -0.118. The average Bonchev–Trinajstić information content (AvgIpc) is 3.18. The van der Waals surface area contributed by atoms with Gasteiger partial charge in [-0.3, -0.25) is 4.79 Å². The van der Waals surface area contributed by atoms with Crippen molar-refractivity contribution in [1.29, 1.82) is 0 Å². The zero-order chi connectivity index (χ0) is 22.3. The monoisotopic (exact) mass is 428 g/mol. The van der Waals surface area contributed by atoms with Gasteiger partial charge >= 0.3 is 6.09 Å². The molecule has 162 valence electrons. The van der Waals surface area contributed by atoms with Crippen molar-refractivity contribution < 1.29 is 14.3 Å². The number of amides is 2. The summed E-state index contributed by atoms with van der Waals surface area (Å²) >= 11 is 0. The number of nitrogens with zero attached hydrogens (tertiary/aromatic N) is 1. The van der Waals surface area contributed by atoms with Crippen molar-refractivity contribution in [2.75, 3.05) is 5.32 Å². The molecule has 2 amide bonds. The van der Waals surface area contributed by atoms with E-state index in [1.54, 1.807) is 6.07 Å². The molecule has 7 nitrogen and oxygen atoms in total. The summed E-state index contributed by atoms with van der Waals surface area (Å²) in [6.07, 6.45) is -0.317. The lowest BCUT2D eigenvalue weighted by atomic mass is 10.1. The number of aromatic nitrogens is 2. The molecule has 1 aromatic heterocycles. The molecule has 0 spiro atoms. The summed E-state index contributed by atoms with van der Waals surface area (Å²) in [5.74, 6) is 0.467. The molecule has 0 aliphatic heterocycles. The topological polar surface area (TPSA) is 96.1 Å². The number of anilines is 1. The standard InChI is InChI=1S/C25H24N4O3/c1-17-26-21-13-12-20(15-22(21)27-17)28-24(30)23(14-18-8-4-2-5-9-18)29-25(31)32-16-19-10-6-3-7-11-19/h2-13,15,23H,14,16H2,1H3,(H,26,27)(H,28,30)(H,29,31)/t23-/m1/s1. The number of ether oxygens (including phenoxy) is 1. The predicted molar refractivity (Wildman–Crippen MR) is 123 cm³/mol. The summed E-state index contributed by atoms with van der Waals surface area (Å²) in [7, 11) is 0. The molecule has 32 heavy (non-hydrogen) atoms. The van der Waals surface area contributed by atoms with Crippen LogP contribution >= 0.6 is 0 Å². The number of alkyl carbamates (subject to hydrolysis) is 1. The van der Waals surface area contributed by atoms with E-state index >= 15 is 0 Å². The number of H-pyrrole nitrogens is 1. The number of rotatable bonds is 7. The lowest BCUT2D eigenvalue weighted by Gasteiger charge is -2.18. The fourth-order valence-electron chi connectivity index (χ4n) is 3.41. The maximum absolute atomic E-state index is 13.1.